The smallest absolute Gasteiger partial charge is 0.0662 e. The number of nitrogens with zero attached hydrogens (tertiary/aromatic N) is 1. The topological polar surface area (TPSA) is 3.24 Å². The second-order valence-electron chi connectivity index (χ2n) is 3.30. The second-order valence-corrected chi connectivity index (χ2v) is 3.30. The summed E-state index contributed by atoms with van der Waals surface area (Å²) in [4.78, 5) is 2.27. The molecule has 1 unspecified atom stereocenters. The third-order valence-electron chi connectivity index (χ3n) is 2.45. The lowest BCUT2D eigenvalue weighted by molar-refractivity contribution is 0.395. The van der Waals surface area contributed by atoms with Gasteiger partial charge in [0.25, 0.3) is 0 Å². The quantitative estimate of drug-likeness (QED) is 0.524. The average molecular weight is 159 g/mol. The van der Waals surface area contributed by atoms with Gasteiger partial charge in [-0.2, -0.15) is 0 Å². The van der Waals surface area contributed by atoms with Crippen LogP contribution >= 0.6 is 0 Å². The van der Waals surface area contributed by atoms with Crippen LogP contribution in [0, 0.1) is 0 Å². The first-order valence-electron chi connectivity index (χ1n) is 4.25. The van der Waals surface area contributed by atoms with Crippen LogP contribution in [0.5, 0.6) is 0 Å². The van der Waals surface area contributed by atoms with E-state index in [-0.39, 0.29) is 0 Å². The lowest BCUT2D eigenvalue weighted by Gasteiger charge is -2.29. The predicted molar refractivity (Wildman–Crippen MR) is 51.7 cm³/mol. The van der Waals surface area contributed by atoms with Gasteiger partial charge in [-0.15, -0.1) is 0 Å². The SMILES string of the molecule is CC1=CC2=CC(C=CC=C2)N1C. The van der Waals surface area contributed by atoms with Crippen LogP contribution in [0.2, 0.25) is 0 Å². The molecule has 0 aromatic heterocycles. The zero-order valence-corrected chi connectivity index (χ0v) is 7.49. The first-order chi connectivity index (χ1) is 5.77. The van der Waals surface area contributed by atoms with Gasteiger partial charge in [-0.25, -0.2) is 0 Å². The fourth-order valence-corrected chi connectivity index (χ4v) is 1.57. The highest BCUT2D eigenvalue weighted by Crippen LogP contribution is 2.21. The van der Waals surface area contributed by atoms with Gasteiger partial charge in [0, 0.05) is 12.7 Å². The lowest BCUT2D eigenvalue weighted by Crippen LogP contribution is -2.28. The lowest BCUT2D eigenvalue weighted by atomic mass is 10.1. The van der Waals surface area contributed by atoms with Crippen LogP contribution in [-0.4, -0.2) is 18.0 Å². The van der Waals surface area contributed by atoms with Gasteiger partial charge in [0.1, 0.15) is 0 Å². The summed E-state index contributed by atoms with van der Waals surface area (Å²) in [5, 5.41) is 0. The molecular weight excluding hydrogens is 146 g/mol. The van der Waals surface area contributed by atoms with Crippen molar-refractivity contribution < 1.29 is 0 Å². The zero-order valence-electron chi connectivity index (χ0n) is 7.49. The zero-order chi connectivity index (χ0) is 8.55. The van der Waals surface area contributed by atoms with Gasteiger partial charge in [0.05, 0.1) is 6.04 Å². The van der Waals surface area contributed by atoms with E-state index in [0.29, 0.717) is 6.04 Å². The highest BCUT2D eigenvalue weighted by Gasteiger charge is 2.14. The molecule has 2 rings (SSSR count). The molecule has 0 amide bonds. The van der Waals surface area contributed by atoms with E-state index >= 15 is 0 Å². The summed E-state index contributed by atoms with van der Waals surface area (Å²) in [6.45, 7) is 2.15. The maximum absolute atomic E-state index is 2.27. The number of likely N-dealkylation sites (N-methyl/N-ethyl adjacent to an activating group) is 1. The van der Waals surface area contributed by atoms with Crippen molar-refractivity contribution in [3.05, 3.63) is 47.7 Å². The first kappa shape index (κ1) is 7.41. The Morgan fingerprint density at radius 2 is 2.17 bits per heavy atom. The van der Waals surface area contributed by atoms with E-state index in [2.05, 4.69) is 55.3 Å². The Morgan fingerprint density at radius 3 is 3.00 bits per heavy atom. The van der Waals surface area contributed by atoms with Crippen molar-refractivity contribution in [1.82, 2.24) is 4.90 Å². The van der Waals surface area contributed by atoms with Crippen LogP contribution in [0.1, 0.15) is 6.92 Å². The molecule has 1 nitrogen and oxygen atoms in total. The standard InChI is InChI=1S/C11H13N/c1-9-7-10-5-3-4-6-11(8-10)12(9)2/h3-8,11H,1-2H3. The predicted octanol–water partition coefficient (Wildman–Crippen LogP) is 2.26. The number of fused-ring (bicyclic) bond motifs is 1. The maximum Gasteiger partial charge on any atom is 0.0662 e. The monoisotopic (exact) mass is 159 g/mol. The van der Waals surface area contributed by atoms with Crippen LogP contribution in [0.3, 0.4) is 0 Å². The molecule has 1 heterocycles. The molecule has 0 radical (unpaired) electrons. The normalized spacial score (nSPS) is 26.5. The van der Waals surface area contributed by atoms with Gasteiger partial charge in [0.15, 0.2) is 0 Å². The minimum absolute atomic E-state index is 0.444. The summed E-state index contributed by atoms with van der Waals surface area (Å²) in [7, 11) is 2.12. The molecular formula is C11H13N. The van der Waals surface area contributed by atoms with E-state index in [9.17, 15) is 0 Å². The van der Waals surface area contributed by atoms with Crippen molar-refractivity contribution in [3.8, 4) is 0 Å². The van der Waals surface area contributed by atoms with E-state index in [1.807, 2.05) is 0 Å². The molecule has 12 heavy (non-hydrogen) atoms. The van der Waals surface area contributed by atoms with Crippen LogP contribution in [0.15, 0.2) is 47.7 Å². The first-order valence-corrected chi connectivity index (χ1v) is 4.25. The average Bonchev–Trinajstić information content (AvgIpc) is 2.24. The summed E-state index contributed by atoms with van der Waals surface area (Å²) in [6, 6.07) is 0.444. The fraction of sp³-hybridized carbons (Fsp3) is 0.273. The van der Waals surface area contributed by atoms with Gasteiger partial charge in [-0.05, 0) is 18.6 Å². The Balaban J connectivity index is 2.41. The molecule has 0 saturated heterocycles. The van der Waals surface area contributed by atoms with Crippen molar-refractivity contribution in [2.45, 2.75) is 13.0 Å². The van der Waals surface area contributed by atoms with Crippen LogP contribution in [0.4, 0.5) is 0 Å². The van der Waals surface area contributed by atoms with E-state index < -0.39 is 0 Å². The summed E-state index contributed by atoms with van der Waals surface area (Å²) in [6.07, 6.45) is 13.0. The number of allylic oxidation sites excluding steroid dienone is 6. The molecule has 1 aliphatic carbocycles. The molecule has 1 aliphatic heterocycles. The molecule has 62 valence electrons. The molecule has 0 aromatic carbocycles. The van der Waals surface area contributed by atoms with E-state index in [4.69, 9.17) is 0 Å². The molecule has 1 heteroatoms. The van der Waals surface area contributed by atoms with E-state index in [0.717, 1.165) is 0 Å². The largest absolute Gasteiger partial charge is 0.368 e. The Bertz CT molecular complexity index is 305. The third-order valence-corrected chi connectivity index (χ3v) is 2.45. The highest BCUT2D eigenvalue weighted by atomic mass is 15.1. The number of rotatable bonds is 0. The molecule has 0 fully saturated rings. The molecule has 1 atom stereocenters. The van der Waals surface area contributed by atoms with Crippen molar-refractivity contribution in [2.24, 2.45) is 0 Å². The molecule has 0 saturated carbocycles. The summed E-state index contributed by atoms with van der Waals surface area (Å²) < 4.78 is 0. The summed E-state index contributed by atoms with van der Waals surface area (Å²) in [5.74, 6) is 0. The van der Waals surface area contributed by atoms with Gasteiger partial charge in [-0.3, -0.25) is 0 Å². The molecule has 2 bridgehead atoms. The highest BCUT2D eigenvalue weighted by molar-refractivity contribution is 5.42. The Hall–Kier alpha value is -1.24. The Morgan fingerprint density at radius 1 is 1.33 bits per heavy atom. The minimum Gasteiger partial charge on any atom is -0.368 e. The van der Waals surface area contributed by atoms with Gasteiger partial charge < -0.3 is 4.90 Å². The Labute approximate surface area is 73.4 Å². The number of hydrogen-bond donors (Lipinski definition) is 0. The second kappa shape index (κ2) is 2.67. The van der Waals surface area contributed by atoms with Crippen molar-refractivity contribution in [1.29, 1.82) is 0 Å². The van der Waals surface area contributed by atoms with E-state index in [1.54, 1.807) is 0 Å². The minimum atomic E-state index is 0.444. The van der Waals surface area contributed by atoms with Crippen molar-refractivity contribution in [2.75, 3.05) is 7.05 Å². The van der Waals surface area contributed by atoms with E-state index in [1.165, 1.54) is 11.3 Å². The Kier molecular flexibility index (Phi) is 1.65. The van der Waals surface area contributed by atoms with Gasteiger partial charge in [0.2, 0.25) is 0 Å². The van der Waals surface area contributed by atoms with Crippen molar-refractivity contribution >= 4 is 0 Å². The van der Waals surface area contributed by atoms with Gasteiger partial charge in [-0.1, -0.05) is 30.4 Å². The summed E-state index contributed by atoms with van der Waals surface area (Å²) >= 11 is 0. The van der Waals surface area contributed by atoms with Crippen LogP contribution in [-0.2, 0) is 0 Å². The van der Waals surface area contributed by atoms with Crippen LogP contribution in [0.25, 0.3) is 0 Å². The van der Waals surface area contributed by atoms with Crippen LogP contribution < -0.4 is 0 Å². The molecule has 0 N–H and O–H groups in total. The molecule has 0 aromatic rings. The third kappa shape index (κ3) is 1.11. The van der Waals surface area contributed by atoms with Crippen molar-refractivity contribution in [3.63, 3.8) is 0 Å². The summed E-state index contributed by atoms with van der Waals surface area (Å²) in [5.41, 5.74) is 2.65. The maximum atomic E-state index is 2.27. The van der Waals surface area contributed by atoms with Gasteiger partial charge >= 0.3 is 0 Å². The molecule has 0 spiro atoms. The molecule has 2 aliphatic rings. The fourth-order valence-electron chi connectivity index (χ4n) is 1.57. The number of hydrogen-bond acceptors (Lipinski definition) is 1.